The summed E-state index contributed by atoms with van der Waals surface area (Å²) in [5, 5.41) is 5.68. The molecule has 1 aromatic heterocycles. The van der Waals surface area contributed by atoms with E-state index in [2.05, 4.69) is 20.2 Å². The van der Waals surface area contributed by atoms with Crippen LogP contribution in [0.15, 0.2) is 16.7 Å². The number of hydrogen-bond acceptors (Lipinski definition) is 6. The van der Waals surface area contributed by atoms with E-state index in [0.29, 0.717) is 5.13 Å². The van der Waals surface area contributed by atoms with Crippen molar-refractivity contribution in [1.29, 1.82) is 0 Å². The second kappa shape index (κ2) is 5.56. The van der Waals surface area contributed by atoms with Gasteiger partial charge < -0.3 is 4.74 Å². The SMILES string of the molecule is CCOC(=O)/C(Cl)=N\Nc1nccs1. The van der Waals surface area contributed by atoms with Crippen molar-refractivity contribution in [2.24, 2.45) is 5.10 Å². The maximum atomic E-state index is 11.0. The van der Waals surface area contributed by atoms with Crippen LogP contribution in [0.5, 0.6) is 0 Å². The summed E-state index contributed by atoms with van der Waals surface area (Å²) in [5.74, 6) is -0.654. The molecule has 14 heavy (non-hydrogen) atoms. The molecule has 76 valence electrons. The van der Waals surface area contributed by atoms with E-state index >= 15 is 0 Å². The number of rotatable bonds is 4. The Morgan fingerprint density at radius 3 is 3.21 bits per heavy atom. The average Bonchev–Trinajstić information content (AvgIpc) is 2.67. The molecular weight excluding hydrogens is 226 g/mol. The maximum absolute atomic E-state index is 11.0. The number of carbonyl (C=O) groups is 1. The van der Waals surface area contributed by atoms with Crippen LogP contribution in [0.3, 0.4) is 0 Å². The Kier molecular flexibility index (Phi) is 4.34. The van der Waals surface area contributed by atoms with Crippen LogP contribution in [0.1, 0.15) is 6.92 Å². The highest BCUT2D eigenvalue weighted by Crippen LogP contribution is 2.10. The molecule has 0 bridgehead atoms. The first-order chi connectivity index (χ1) is 6.74. The number of thiazole rings is 1. The van der Waals surface area contributed by atoms with E-state index in [9.17, 15) is 4.79 Å². The van der Waals surface area contributed by atoms with Gasteiger partial charge in [-0.2, -0.15) is 5.10 Å². The van der Waals surface area contributed by atoms with Crippen molar-refractivity contribution in [2.45, 2.75) is 6.92 Å². The van der Waals surface area contributed by atoms with Crippen LogP contribution < -0.4 is 5.43 Å². The van der Waals surface area contributed by atoms with Gasteiger partial charge >= 0.3 is 5.97 Å². The fraction of sp³-hybridized carbons (Fsp3) is 0.286. The number of halogens is 1. The molecule has 0 fully saturated rings. The minimum atomic E-state index is -0.654. The minimum Gasteiger partial charge on any atom is -0.461 e. The number of hydrogen-bond donors (Lipinski definition) is 1. The van der Waals surface area contributed by atoms with Crippen LogP contribution in [-0.4, -0.2) is 22.7 Å². The third kappa shape index (κ3) is 3.31. The number of aromatic nitrogens is 1. The van der Waals surface area contributed by atoms with Gasteiger partial charge in [0.1, 0.15) is 0 Å². The average molecular weight is 234 g/mol. The van der Waals surface area contributed by atoms with Gasteiger partial charge in [0, 0.05) is 11.6 Å². The molecule has 1 rings (SSSR count). The number of nitrogens with one attached hydrogen (secondary N) is 1. The molecule has 0 saturated heterocycles. The Morgan fingerprint density at radius 2 is 2.64 bits per heavy atom. The monoisotopic (exact) mass is 233 g/mol. The van der Waals surface area contributed by atoms with Gasteiger partial charge in [0.15, 0.2) is 0 Å². The lowest BCUT2D eigenvalue weighted by Crippen LogP contribution is -2.13. The number of carbonyl (C=O) groups excluding carboxylic acids is 1. The van der Waals surface area contributed by atoms with Crippen molar-refractivity contribution in [1.82, 2.24) is 4.98 Å². The Morgan fingerprint density at radius 1 is 1.86 bits per heavy atom. The summed E-state index contributed by atoms with van der Waals surface area (Å²) in [4.78, 5) is 14.8. The van der Waals surface area contributed by atoms with E-state index in [1.165, 1.54) is 11.3 Å². The smallest absolute Gasteiger partial charge is 0.370 e. The van der Waals surface area contributed by atoms with Gasteiger partial charge in [-0.1, -0.05) is 11.6 Å². The molecule has 0 aromatic carbocycles. The van der Waals surface area contributed by atoms with Gasteiger partial charge in [-0.05, 0) is 6.92 Å². The molecule has 0 spiro atoms. The zero-order chi connectivity index (χ0) is 10.4. The molecule has 1 aromatic rings. The molecule has 0 atom stereocenters. The number of anilines is 1. The predicted molar refractivity (Wildman–Crippen MR) is 55.7 cm³/mol. The van der Waals surface area contributed by atoms with Gasteiger partial charge in [-0.15, -0.1) is 11.3 Å². The first kappa shape index (κ1) is 10.9. The minimum absolute atomic E-state index is 0.248. The molecule has 5 nitrogen and oxygen atoms in total. The third-order valence-electron chi connectivity index (χ3n) is 1.13. The molecule has 0 saturated carbocycles. The normalized spacial score (nSPS) is 11.1. The summed E-state index contributed by atoms with van der Waals surface area (Å²) in [6, 6.07) is 0. The van der Waals surface area contributed by atoms with Gasteiger partial charge in [0.25, 0.3) is 0 Å². The van der Waals surface area contributed by atoms with Crippen molar-refractivity contribution in [2.75, 3.05) is 12.0 Å². The maximum Gasteiger partial charge on any atom is 0.370 e. The standard InChI is InChI=1S/C7H8ClN3O2S/c1-2-13-6(12)5(8)10-11-7-9-3-4-14-7/h3-4H,2H2,1H3,(H,9,11)/b10-5+. The topological polar surface area (TPSA) is 63.6 Å². The Bertz CT molecular complexity index is 326. The highest BCUT2D eigenvalue weighted by Gasteiger charge is 2.08. The fourth-order valence-electron chi connectivity index (χ4n) is 0.612. The quantitative estimate of drug-likeness (QED) is 0.488. The molecular formula is C7H8ClN3O2S. The summed E-state index contributed by atoms with van der Waals surface area (Å²) in [7, 11) is 0. The summed E-state index contributed by atoms with van der Waals surface area (Å²) < 4.78 is 4.61. The first-order valence-corrected chi connectivity index (χ1v) is 5.05. The predicted octanol–water partition coefficient (Wildman–Crippen LogP) is 1.67. The van der Waals surface area contributed by atoms with Crippen LogP contribution in [-0.2, 0) is 9.53 Å². The fourth-order valence-corrected chi connectivity index (χ4v) is 1.18. The Labute approximate surface area is 89.7 Å². The van der Waals surface area contributed by atoms with Gasteiger partial charge in [-0.25, -0.2) is 9.78 Å². The lowest BCUT2D eigenvalue weighted by molar-refractivity contribution is -0.134. The van der Waals surface area contributed by atoms with Crippen molar-refractivity contribution >= 4 is 39.2 Å². The molecule has 7 heteroatoms. The number of hydrazone groups is 1. The van der Waals surface area contributed by atoms with Gasteiger partial charge in [0.2, 0.25) is 10.3 Å². The molecule has 0 aliphatic carbocycles. The molecule has 0 radical (unpaired) electrons. The highest BCUT2D eigenvalue weighted by atomic mass is 35.5. The van der Waals surface area contributed by atoms with E-state index in [1.54, 1.807) is 18.5 Å². The lowest BCUT2D eigenvalue weighted by atomic mass is 10.7. The largest absolute Gasteiger partial charge is 0.461 e. The summed E-state index contributed by atoms with van der Waals surface area (Å²) >= 11 is 6.87. The van der Waals surface area contributed by atoms with E-state index in [4.69, 9.17) is 11.6 Å². The second-order valence-corrected chi connectivity index (χ2v) is 3.32. The number of nitrogens with zero attached hydrogens (tertiary/aromatic N) is 2. The molecule has 1 heterocycles. The van der Waals surface area contributed by atoms with Crippen LogP contribution in [0.2, 0.25) is 0 Å². The van der Waals surface area contributed by atoms with Gasteiger partial charge in [0.05, 0.1) is 6.61 Å². The first-order valence-electron chi connectivity index (χ1n) is 3.80. The summed E-state index contributed by atoms with van der Waals surface area (Å²) in [6.45, 7) is 1.96. The zero-order valence-electron chi connectivity index (χ0n) is 7.36. The van der Waals surface area contributed by atoms with Crippen LogP contribution >= 0.6 is 22.9 Å². The molecule has 0 aliphatic heterocycles. The van der Waals surface area contributed by atoms with Crippen molar-refractivity contribution in [3.63, 3.8) is 0 Å². The molecule has 0 amide bonds. The van der Waals surface area contributed by atoms with Crippen LogP contribution in [0.25, 0.3) is 0 Å². The molecule has 0 aliphatic rings. The number of esters is 1. The Balaban J connectivity index is 2.48. The van der Waals surface area contributed by atoms with Crippen LogP contribution in [0, 0.1) is 0 Å². The third-order valence-corrected chi connectivity index (χ3v) is 2.04. The Hall–Kier alpha value is -1.14. The van der Waals surface area contributed by atoms with Gasteiger partial charge in [-0.3, -0.25) is 5.43 Å². The van der Waals surface area contributed by atoms with Crippen molar-refractivity contribution in [3.05, 3.63) is 11.6 Å². The number of ether oxygens (including phenoxy) is 1. The van der Waals surface area contributed by atoms with Crippen molar-refractivity contribution < 1.29 is 9.53 Å². The van der Waals surface area contributed by atoms with E-state index in [0.717, 1.165) is 0 Å². The second-order valence-electron chi connectivity index (χ2n) is 2.07. The summed E-state index contributed by atoms with van der Waals surface area (Å²) in [6.07, 6.45) is 1.61. The molecule has 1 N–H and O–H groups in total. The molecule has 0 unspecified atom stereocenters. The zero-order valence-corrected chi connectivity index (χ0v) is 8.93. The van der Waals surface area contributed by atoms with E-state index < -0.39 is 5.97 Å². The van der Waals surface area contributed by atoms with Crippen LogP contribution in [0.4, 0.5) is 5.13 Å². The van der Waals surface area contributed by atoms with E-state index in [-0.39, 0.29) is 11.8 Å². The van der Waals surface area contributed by atoms with Crippen molar-refractivity contribution in [3.8, 4) is 0 Å². The lowest BCUT2D eigenvalue weighted by Gasteiger charge is -1.98. The van der Waals surface area contributed by atoms with E-state index in [1.807, 2.05) is 0 Å². The highest BCUT2D eigenvalue weighted by molar-refractivity contribution is 7.13. The summed E-state index contributed by atoms with van der Waals surface area (Å²) in [5.41, 5.74) is 2.53.